The third-order valence-electron chi connectivity index (χ3n) is 3.54. The van der Waals surface area contributed by atoms with Crippen molar-refractivity contribution in [2.75, 3.05) is 13.2 Å². The van der Waals surface area contributed by atoms with Crippen LogP contribution in [0.5, 0.6) is 5.75 Å². The molecule has 0 aliphatic heterocycles. The van der Waals surface area contributed by atoms with Crippen molar-refractivity contribution in [2.24, 2.45) is 11.8 Å². The van der Waals surface area contributed by atoms with Gasteiger partial charge in [-0.05, 0) is 44.0 Å². The molecule has 1 unspecified atom stereocenters. The zero-order valence-electron chi connectivity index (χ0n) is 11.4. The fourth-order valence-corrected chi connectivity index (χ4v) is 2.68. The van der Waals surface area contributed by atoms with E-state index in [4.69, 9.17) is 21.1 Å². The van der Waals surface area contributed by atoms with Crippen molar-refractivity contribution in [3.05, 3.63) is 29.3 Å². The van der Waals surface area contributed by atoms with E-state index in [1.165, 1.54) is 0 Å². The third kappa shape index (κ3) is 3.87. The zero-order chi connectivity index (χ0) is 14.5. The van der Waals surface area contributed by atoms with Crippen molar-refractivity contribution in [1.82, 2.24) is 0 Å². The molecule has 2 rings (SSSR count). The molecule has 1 aromatic rings. The molecule has 0 amide bonds. The van der Waals surface area contributed by atoms with Crippen LogP contribution in [0.1, 0.15) is 19.8 Å². The second-order valence-electron chi connectivity index (χ2n) is 5.01. The molecule has 0 spiro atoms. The Morgan fingerprint density at radius 3 is 2.70 bits per heavy atom. The van der Waals surface area contributed by atoms with E-state index in [9.17, 15) is 9.90 Å². The average molecular weight is 299 g/mol. The van der Waals surface area contributed by atoms with Gasteiger partial charge >= 0.3 is 5.97 Å². The molecular formula is C15H19ClO4. The van der Waals surface area contributed by atoms with Crippen molar-refractivity contribution >= 4 is 17.6 Å². The van der Waals surface area contributed by atoms with Crippen LogP contribution in [-0.4, -0.2) is 30.4 Å². The largest absolute Gasteiger partial charge is 0.493 e. The highest BCUT2D eigenvalue weighted by Crippen LogP contribution is 2.33. The topological polar surface area (TPSA) is 55.8 Å². The van der Waals surface area contributed by atoms with Crippen LogP contribution in [0.4, 0.5) is 0 Å². The maximum absolute atomic E-state index is 11.9. The standard InChI is InChI=1S/C15H19ClO4/c1-2-19-15(18)14-8-12(17)7-10(14)9-20-13-5-3-11(16)4-6-13/h3-6,10,12,14,17H,2,7-9H2,1H3/t10-,12?,14+/m0/s1. The summed E-state index contributed by atoms with van der Waals surface area (Å²) in [6.45, 7) is 2.53. The summed E-state index contributed by atoms with van der Waals surface area (Å²) in [6.07, 6.45) is 0.563. The van der Waals surface area contributed by atoms with Gasteiger partial charge in [-0.3, -0.25) is 4.79 Å². The molecule has 20 heavy (non-hydrogen) atoms. The summed E-state index contributed by atoms with van der Waals surface area (Å²) >= 11 is 5.81. The number of halogens is 1. The zero-order valence-corrected chi connectivity index (χ0v) is 12.2. The van der Waals surface area contributed by atoms with E-state index < -0.39 is 6.10 Å². The number of carbonyl (C=O) groups is 1. The van der Waals surface area contributed by atoms with E-state index in [2.05, 4.69) is 0 Å². The number of benzene rings is 1. The van der Waals surface area contributed by atoms with Gasteiger partial charge in [0.25, 0.3) is 0 Å². The van der Waals surface area contributed by atoms with E-state index in [1.54, 1.807) is 31.2 Å². The van der Waals surface area contributed by atoms with Gasteiger partial charge in [0.2, 0.25) is 0 Å². The molecule has 5 heteroatoms. The molecule has 1 N–H and O–H groups in total. The number of hydrogen-bond acceptors (Lipinski definition) is 4. The second-order valence-corrected chi connectivity index (χ2v) is 5.45. The van der Waals surface area contributed by atoms with E-state index in [0.717, 1.165) is 0 Å². The van der Waals surface area contributed by atoms with Gasteiger partial charge < -0.3 is 14.6 Å². The van der Waals surface area contributed by atoms with Crippen molar-refractivity contribution in [2.45, 2.75) is 25.9 Å². The molecule has 1 aromatic carbocycles. The van der Waals surface area contributed by atoms with E-state index in [0.29, 0.717) is 36.8 Å². The van der Waals surface area contributed by atoms with E-state index in [-0.39, 0.29) is 17.8 Å². The van der Waals surface area contributed by atoms with Crippen LogP contribution in [0.15, 0.2) is 24.3 Å². The second kappa shape index (κ2) is 6.95. The average Bonchev–Trinajstić information content (AvgIpc) is 2.80. The Labute approximate surface area is 123 Å². The van der Waals surface area contributed by atoms with E-state index in [1.807, 2.05) is 0 Å². The minimum Gasteiger partial charge on any atom is -0.493 e. The molecule has 1 aliphatic carbocycles. The van der Waals surface area contributed by atoms with Gasteiger partial charge in [0.1, 0.15) is 5.75 Å². The van der Waals surface area contributed by atoms with Crippen LogP contribution in [0.2, 0.25) is 5.02 Å². The maximum atomic E-state index is 11.9. The lowest BCUT2D eigenvalue weighted by molar-refractivity contribution is -0.149. The summed E-state index contributed by atoms with van der Waals surface area (Å²) in [5, 5.41) is 10.4. The highest BCUT2D eigenvalue weighted by atomic mass is 35.5. The molecule has 4 nitrogen and oxygen atoms in total. The van der Waals surface area contributed by atoms with Gasteiger partial charge in [-0.15, -0.1) is 0 Å². The van der Waals surface area contributed by atoms with Gasteiger partial charge in [-0.2, -0.15) is 0 Å². The predicted octanol–water partition coefficient (Wildman–Crippen LogP) is 2.67. The first kappa shape index (κ1) is 15.1. The molecule has 3 atom stereocenters. The fraction of sp³-hybridized carbons (Fsp3) is 0.533. The summed E-state index contributed by atoms with van der Waals surface area (Å²) in [5.74, 6) is 0.170. The molecule has 0 bridgehead atoms. The number of hydrogen-bond donors (Lipinski definition) is 1. The molecule has 1 saturated carbocycles. The van der Waals surface area contributed by atoms with Crippen molar-refractivity contribution < 1.29 is 19.4 Å². The van der Waals surface area contributed by atoms with Crippen LogP contribution in [0.3, 0.4) is 0 Å². The molecule has 0 heterocycles. The lowest BCUT2D eigenvalue weighted by atomic mass is 9.97. The van der Waals surface area contributed by atoms with E-state index >= 15 is 0 Å². The van der Waals surface area contributed by atoms with Crippen LogP contribution in [0, 0.1) is 11.8 Å². The smallest absolute Gasteiger partial charge is 0.309 e. The summed E-state index contributed by atoms with van der Waals surface area (Å²) in [6, 6.07) is 7.08. The molecule has 0 radical (unpaired) electrons. The van der Waals surface area contributed by atoms with Gasteiger partial charge in [-0.25, -0.2) is 0 Å². The monoisotopic (exact) mass is 298 g/mol. The normalized spacial score (nSPS) is 25.4. The van der Waals surface area contributed by atoms with Crippen LogP contribution >= 0.6 is 11.6 Å². The minimum atomic E-state index is -0.455. The number of esters is 1. The summed E-state index contributed by atoms with van der Waals surface area (Å²) < 4.78 is 10.7. The molecular weight excluding hydrogens is 280 g/mol. The lowest BCUT2D eigenvalue weighted by Crippen LogP contribution is -2.25. The Bertz CT molecular complexity index is 446. The number of carbonyl (C=O) groups excluding carboxylic acids is 1. The molecule has 0 aromatic heterocycles. The minimum absolute atomic E-state index is 0.0141. The van der Waals surface area contributed by atoms with Crippen LogP contribution in [0.25, 0.3) is 0 Å². The Morgan fingerprint density at radius 1 is 1.35 bits per heavy atom. The van der Waals surface area contributed by atoms with Crippen LogP contribution < -0.4 is 4.74 Å². The highest BCUT2D eigenvalue weighted by molar-refractivity contribution is 6.30. The summed E-state index contributed by atoms with van der Waals surface area (Å²) in [7, 11) is 0. The number of aliphatic hydroxyl groups is 1. The number of ether oxygens (including phenoxy) is 2. The Kier molecular flexibility index (Phi) is 5.26. The number of rotatable bonds is 5. The Morgan fingerprint density at radius 2 is 2.05 bits per heavy atom. The third-order valence-corrected chi connectivity index (χ3v) is 3.79. The predicted molar refractivity (Wildman–Crippen MR) is 75.8 cm³/mol. The van der Waals surface area contributed by atoms with Crippen LogP contribution in [-0.2, 0) is 9.53 Å². The first-order valence-corrected chi connectivity index (χ1v) is 7.21. The fourth-order valence-electron chi connectivity index (χ4n) is 2.55. The van der Waals surface area contributed by atoms with Gasteiger partial charge in [0, 0.05) is 10.9 Å². The molecule has 1 aliphatic rings. The van der Waals surface area contributed by atoms with Gasteiger partial charge in [0.15, 0.2) is 0 Å². The maximum Gasteiger partial charge on any atom is 0.309 e. The van der Waals surface area contributed by atoms with Gasteiger partial charge in [0.05, 0.1) is 25.2 Å². The first-order valence-electron chi connectivity index (χ1n) is 6.83. The highest BCUT2D eigenvalue weighted by Gasteiger charge is 2.39. The quantitative estimate of drug-likeness (QED) is 0.849. The van der Waals surface area contributed by atoms with Gasteiger partial charge in [-0.1, -0.05) is 11.6 Å². The molecule has 110 valence electrons. The molecule has 1 fully saturated rings. The SMILES string of the molecule is CCOC(=O)[C@@H]1CC(O)C[C@H]1COc1ccc(Cl)cc1. The summed E-state index contributed by atoms with van der Waals surface area (Å²) in [5.41, 5.74) is 0. The van der Waals surface area contributed by atoms with Crippen molar-refractivity contribution in [3.63, 3.8) is 0 Å². The molecule has 0 saturated heterocycles. The Hall–Kier alpha value is -1.26. The first-order chi connectivity index (χ1) is 9.60. The lowest BCUT2D eigenvalue weighted by Gasteiger charge is -2.18. The summed E-state index contributed by atoms with van der Waals surface area (Å²) in [4.78, 5) is 11.9. The number of aliphatic hydroxyl groups excluding tert-OH is 1. The van der Waals surface area contributed by atoms with Crippen molar-refractivity contribution in [3.8, 4) is 5.75 Å². The van der Waals surface area contributed by atoms with Crippen molar-refractivity contribution in [1.29, 1.82) is 0 Å². The Balaban J connectivity index is 1.92.